The van der Waals surface area contributed by atoms with Crippen molar-refractivity contribution in [2.75, 3.05) is 0 Å². The average Bonchev–Trinajstić information content (AvgIpc) is 2.59. The van der Waals surface area contributed by atoms with Crippen molar-refractivity contribution in [2.24, 2.45) is 10.3 Å². The molecule has 0 amide bonds. The summed E-state index contributed by atoms with van der Waals surface area (Å²) in [6, 6.07) is 6.38. The van der Waals surface area contributed by atoms with Crippen LogP contribution in [0.5, 0.6) is 11.5 Å². The summed E-state index contributed by atoms with van der Waals surface area (Å²) in [6.07, 6.45) is 0.925. The minimum absolute atomic E-state index is 0.0339. The van der Waals surface area contributed by atoms with Gasteiger partial charge in [0.05, 0.1) is 27.5 Å². The van der Waals surface area contributed by atoms with Gasteiger partial charge in [0, 0.05) is 6.07 Å². The van der Waals surface area contributed by atoms with Crippen molar-refractivity contribution < 1.29 is 34.5 Å². The molecule has 13 nitrogen and oxygen atoms in total. The first kappa shape index (κ1) is 21.2. The zero-order valence-corrected chi connectivity index (χ0v) is 16.2. The lowest BCUT2D eigenvalue weighted by Gasteiger charge is -2.07. The molecular formula is C15H11N3O10S2. The molecule has 15 heteroatoms. The van der Waals surface area contributed by atoms with Crippen LogP contribution in [0.15, 0.2) is 51.9 Å². The number of fused-ring (bicyclic) bond motifs is 1. The molecule has 0 unspecified atom stereocenters. The van der Waals surface area contributed by atoms with E-state index in [0.29, 0.717) is 0 Å². The van der Waals surface area contributed by atoms with Gasteiger partial charge in [-0.15, -0.1) is 0 Å². The van der Waals surface area contributed by atoms with Crippen LogP contribution in [0.3, 0.4) is 0 Å². The largest absolute Gasteiger partial charge is 0.463 e. The molecule has 0 fully saturated rings. The van der Waals surface area contributed by atoms with E-state index in [0.717, 1.165) is 36.6 Å². The molecule has 0 atom stereocenters. The number of hydrogen-bond donors (Lipinski definition) is 2. The van der Waals surface area contributed by atoms with E-state index in [2.05, 4.69) is 8.37 Å². The van der Waals surface area contributed by atoms with Crippen LogP contribution in [0, 0.1) is 10.1 Å². The van der Waals surface area contributed by atoms with Crippen molar-refractivity contribution in [1.82, 2.24) is 0 Å². The fraction of sp³-hybridized carbons (Fsp3) is 0. The standard InChI is InChI=1S/C15H11N3O10S2/c16-29(22,23)27-8-1-3-10(13(5-8)18(20)21)12-7-26-14-6-9(28-30(17,24)25)2-4-11(14)15(12)19/h1-7H,(H2,16,22,23)(H2,17,24,25). The molecule has 0 saturated carbocycles. The van der Waals surface area contributed by atoms with Crippen LogP contribution in [0.25, 0.3) is 22.1 Å². The summed E-state index contributed by atoms with van der Waals surface area (Å²) in [4.78, 5) is 23.4. The van der Waals surface area contributed by atoms with Crippen LogP contribution in [-0.2, 0) is 20.6 Å². The molecule has 0 aliphatic carbocycles. The zero-order valence-electron chi connectivity index (χ0n) is 14.5. The normalized spacial score (nSPS) is 11.9. The van der Waals surface area contributed by atoms with E-state index in [1.165, 1.54) is 6.07 Å². The van der Waals surface area contributed by atoms with E-state index < -0.39 is 42.4 Å². The summed E-state index contributed by atoms with van der Waals surface area (Å²) in [7, 11) is -8.72. The monoisotopic (exact) mass is 457 g/mol. The predicted octanol–water partition coefficient (Wildman–Crippen LogP) is 0.533. The molecule has 0 bridgehead atoms. The molecule has 0 aliphatic rings. The van der Waals surface area contributed by atoms with Crippen molar-refractivity contribution >= 4 is 37.3 Å². The number of nitro benzene ring substituents is 1. The van der Waals surface area contributed by atoms with Gasteiger partial charge in [-0.2, -0.15) is 27.1 Å². The van der Waals surface area contributed by atoms with Gasteiger partial charge in [0.15, 0.2) is 5.75 Å². The van der Waals surface area contributed by atoms with Gasteiger partial charge >= 0.3 is 20.6 Å². The highest BCUT2D eigenvalue weighted by atomic mass is 32.2. The molecule has 0 saturated heterocycles. The third-order valence-corrected chi connectivity index (χ3v) is 4.48. The first-order valence-corrected chi connectivity index (χ1v) is 10.6. The van der Waals surface area contributed by atoms with E-state index >= 15 is 0 Å². The Morgan fingerprint density at radius 1 is 0.900 bits per heavy atom. The van der Waals surface area contributed by atoms with E-state index in [1.54, 1.807) is 0 Å². The number of rotatable bonds is 6. The van der Waals surface area contributed by atoms with Gasteiger partial charge in [0.25, 0.3) is 5.69 Å². The number of nitrogens with two attached hydrogens (primary N) is 2. The molecule has 1 heterocycles. The SMILES string of the molecule is NS(=O)(=O)Oc1ccc(-c2coc3cc(OS(N)(=O)=O)ccc3c2=O)c([N+](=O)[O-])c1. The molecule has 1 aromatic heterocycles. The van der Waals surface area contributed by atoms with Gasteiger partial charge < -0.3 is 12.8 Å². The van der Waals surface area contributed by atoms with Crippen molar-refractivity contribution in [3.8, 4) is 22.6 Å². The number of benzene rings is 2. The summed E-state index contributed by atoms with van der Waals surface area (Å²) < 4.78 is 58.2. The van der Waals surface area contributed by atoms with E-state index in [4.69, 9.17) is 14.7 Å². The summed E-state index contributed by atoms with van der Waals surface area (Å²) in [6.45, 7) is 0. The van der Waals surface area contributed by atoms with Crippen molar-refractivity contribution in [1.29, 1.82) is 0 Å². The smallest absolute Gasteiger partial charge is 0.380 e. The number of nitrogens with zero attached hydrogens (tertiary/aromatic N) is 1. The molecule has 3 rings (SSSR count). The molecule has 0 radical (unpaired) electrons. The van der Waals surface area contributed by atoms with Crippen LogP contribution in [0.1, 0.15) is 0 Å². The Labute approximate surface area is 168 Å². The second-order valence-corrected chi connectivity index (χ2v) is 8.03. The highest BCUT2D eigenvalue weighted by Gasteiger charge is 2.22. The maximum Gasteiger partial charge on any atom is 0.380 e. The Balaban J connectivity index is 2.14. The Morgan fingerprint density at radius 3 is 2.03 bits per heavy atom. The lowest BCUT2D eigenvalue weighted by atomic mass is 10.0. The van der Waals surface area contributed by atoms with Crippen molar-refractivity contribution in [3.05, 3.63) is 63.0 Å². The average molecular weight is 457 g/mol. The Morgan fingerprint density at radius 2 is 1.47 bits per heavy atom. The Hall–Kier alpha value is -3.53. The van der Waals surface area contributed by atoms with Gasteiger partial charge in [-0.05, 0) is 24.3 Å². The third-order valence-electron chi connectivity index (χ3n) is 3.63. The first-order valence-electron chi connectivity index (χ1n) is 7.63. The highest BCUT2D eigenvalue weighted by Crippen LogP contribution is 2.33. The number of hydrogen-bond acceptors (Lipinski definition) is 10. The molecule has 158 valence electrons. The van der Waals surface area contributed by atoms with Crippen LogP contribution < -0.4 is 24.1 Å². The molecule has 0 aliphatic heterocycles. The van der Waals surface area contributed by atoms with Crippen molar-refractivity contribution in [3.63, 3.8) is 0 Å². The summed E-state index contributed by atoms with van der Waals surface area (Å²) in [5.41, 5.74) is -1.78. The van der Waals surface area contributed by atoms with Gasteiger partial charge in [-0.25, -0.2) is 0 Å². The lowest BCUT2D eigenvalue weighted by Crippen LogP contribution is -2.19. The third kappa shape index (κ3) is 4.71. The van der Waals surface area contributed by atoms with Crippen LogP contribution >= 0.6 is 0 Å². The summed E-state index contributed by atoms with van der Waals surface area (Å²) >= 11 is 0. The quantitative estimate of drug-likeness (QED) is 0.387. The van der Waals surface area contributed by atoms with E-state index in [1.807, 2.05) is 0 Å². The van der Waals surface area contributed by atoms with Crippen LogP contribution in [0.2, 0.25) is 0 Å². The molecule has 0 spiro atoms. The van der Waals surface area contributed by atoms with Gasteiger partial charge in [-0.1, -0.05) is 0 Å². The highest BCUT2D eigenvalue weighted by molar-refractivity contribution is 7.85. The summed E-state index contributed by atoms with van der Waals surface area (Å²) in [5, 5.41) is 20.9. The summed E-state index contributed by atoms with van der Waals surface area (Å²) in [5.74, 6) is -0.640. The topological polar surface area (TPSA) is 212 Å². The fourth-order valence-electron chi connectivity index (χ4n) is 2.56. The molecular weight excluding hydrogens is 446 g/mol. The maximum absolute atomic E-state index is 12.8. The van der Waals surface area contributed by atoms with Crippen molar-refractivity contribution in [2.45, 2.75) is 0 Å². The molecule has 4 N–H and O–H groups in total. The predicted molar refractivity (Wildman–Crippen MR) is 102 cm³/mol. The Kier molecular flexibility index (Phi) is 5.21. The van der Waals surface area contributed by atoms with Gasteiger partial charge in [0.2, 0.25) is 5.43 Å². The van der Waals surface area contributed by atoms with Crippen LogP contribution in [0.4, 0.5) is 5.69 Å². The maximum atomic E-state index is 12.8. The molecule has 3 aromatic rings. The minimum atomic E-state index is -4.42. The second-order valence-electron chi connectivity index (χ2n) is 5.72. The van der Waals surface area contributed by atoms with Gasteiger partial charge in [-0.3, -0.25) is 14.9 Å². The van der Waals surface area contributed by atoms with Gasteiger partial charge in [0.1, 0.15) is 17.6 Å². The molecule has 30 heavy (non-hydrogen) atoms. The van der Waals surface area contributed by atoms with E-state index in [9.17, 15) is 31.7 Å². The van der Waals surface area contributed by atoms with Crippen LogP contribution in [-0.4, -0.2) is 21.8 Å². The minimum Gasteiger partial charge on any atom is -0.463 e. The van der Waals surface area contributed by atoms with E-state index in [-0.39, 0.29) is 27.8 Å². The second kappa shape index (κ2) is 7.38. The zero-order chi connectivity index (χ0) is 22.3. The lowest BCUT2D eigenvalue weighted by molar-refractivity contribution is -0.384. The number of nitro groups is 1. The molecule has 2 aromatic carbocycles. The fourth-order valence-corrected chi connectivity index (χ4v) is 3.30. The Bertz CT molecular complexity index is 1450. The first-order chi connectivity index (χ1) is 13.8.